The van der Waals surface area contributed by atoms with Crippen LogP contribution in [0, 0.1) is 0 Å². The number of aliphatic hydroxyl groups is 2. The quantitative estimate of drug-likeness (QED) is 0.497. The molecule has 0 aromatic heterocycles. The molecule has 0 heterocycles. The Morgan fingerprint density at radius 1 is 1.12 bits per heavy atom. The van der Waals surface area contributed by atoms with Gasteiger partial charge in [-0.15, -0.1) is 0 Å². The molecule has 0 aromatic rings. The van der Waals surface area contributed by atoms with Crippen molar-refractivity contribution in [1.82, 2.24) is 0 Å². The van der Waals surface area contributed by atoms with Crippen molar-refractivity contribution >= 4 is 5.97 Å². The van der Waals surface area contributed by atoms with E-state index in [-0.39, 0.29) is 0 Å². The number of rotatable bonds is 6. The summed E-state index contributed by atoms with van der Waals surface area (Å²) >= 11 is 0. The molecule has 0 spiro atoms. The van der Waals surface area contributed by atoms with Gasteiger partial charge in [-0.25, -0.2) is 0 Å². The SMILES string of the molecule is CC(=O)O.CCCCCC(O)O.CCOCC. The first kappa shape index (κ1) is 21.6. The maximum absolute atomic E-state index is 9.00. The first-order valence-corrected chi connectivity index (χ1v) is 6.05. The van der Waals surface area contributed by atoms with Gasteiger partial charge in [0.15, 0.2) is 6.29 Å². The Kier molecular flexibility index (Phi) is 26.4. The van der Waals surface area contributed by atoms with Crippen LogP contribution in [0.15, 0.2) is 0 Å². The monoisotopic (exact) mass is 252 g/mol. The van der Waals surface area contributed by atoms with Crippen LogP contribution in [-0.2, 0) is 9.53 Å². The lowest BCUT2D eigenvalue weighted by Crippen LogP contribution is -2.02. The number of aliphatic hydroxyl groups excluding tert-OH is 1. The molecule has 106 valence electrons. The minimum atomic E-state index is -1.10. The molecule has 5 nitrogen and oxygen atoms in total. The average Bonchev–Trinajstić information content (AvgIpc) is 2.19. The molecule has 3 N–H and O–H groups in total. The van der Waals surface area contributed by atoms with Crippen LogP contribution in [0.4, 0.5) is 0 Å². The van der Waals surface area contributed by atoms with Gasteiger partial charge in [0.1, 0.15) is 0 Å². The van der Waals surface area contributed by atoms with E-state index in [4.69, 9.17) is 24.9 Å². The lowest BCUT2D eigenvalue weighted by molar-refractivity contribution is -0.134. The molecule has 0 unspecified atom stereocenters. The van der Waals surface area contributed by atoms with Crippen molar-refractivity contribution in [1.29, 1.82) is 0 Å². The molecule has 0 amide bonds. The van der Waals surface area contributed by atoms with Crippen LogP contribution in [0.25, 0.3) is 0 Å². The summed E-state index contributed by atoms with van der Waals surface area (Å²) in [6.45, 7) is 8.84. The van der Waals surface area contributed by atoms with Crippen molar-refractivity contribution < 1.29 is 24.9 Å². The van der Waals surface area contributed by atoms with E-state index in [0.717, 1.165) is 39.4 Å². The molecule has 0 aliphatic carbocycles. The zero-order valence-corrected chi connectivity index (χ0v) is 11.5. The normalized spacial score (nSPS) is 8.88. The molecule has 0 aromatic carbocycles. The Balaban J connectivity index is -0.000000188. The Morgan fingerprint density at radius 2 is 1.53 bits per heavy atom. The summed E-state index contributed by atoms with van der Waals surface area (Å²) in [5.41, 5.74) is 0. The number of carbonyl (C=O) groups is 1. The molecule has 17 heavy (non-hydrogen) atoms. The fraction of sp³-hybridized carbons (Fsp3) is 0.917. The third-order valence-electron chi connectivity index (χ3n) is 1.47. The Labute approximate surface area is 104 Å². The van der Waals surface area contributed by atoms with E-state index < -0.39 is 12.3 Å². The number of hydrogen-bond donors (Lipinski definition) is 3. The van der Waals surface area contributed by atoms with Gasteiger partial charge in [-0.2, -0.15) is 0 Å². The van der Waals surface area contributed by atoms with Crippen LogP contribution >= 0.6 is 0 Å². The van der Waals surface area contributed by atoms with Crippen LogP contribution < -0.4 is 0 Å². The molecule has 0 bridgehead atoms. The van der Waals surface area contributed by atoms with Crippen molar-refractivity contribution in [3.63, 3.8) is 0 Å². The Morgan fingerprint density at radius 3 is 1.71 bits per heavy atom. The topological polar surface area (TPSA) is 87.0 Å². The van der Waals surface area contributed by atoms with Crippen LogP contribution in [0.1, 0.15) is 53.4 Å². The number of carboxylic acids is 1. The average molecular weight is 252 g/mol. The summed E-state index contributed by atoms with van der Waals surface area (Å²) in [4.78, 5) is 9.00. The molecule has 0 atom stereocenters. The minimum absolute atomic E-state index is 0.522. The molecule has 0 aliphatic heterocycles. The highest BCUT2D eigenvalue weighted by atomic mass is 16.5. The van der Waals surface area contributed by atoms with Crippen LogP contribution in [0.2, 0.25) is 0 Å². The third-order valence-corrected chi connectivity index (χ3v) is 1.47. The second-order valence-corrected chi connectivity index (χ2v) is 3.28. The van der Waals surface area contributed by atoms with Gasteiger partial charge in [0.2, 0.25) is 0 Å². The highest BCUT2D eigenvalue weighted by molar-refractivity contribution is 5.62. The largest absolute Gasteiger partial charge is 0.481 e. The molecule has 5 heteroatoms. The fourth-order valence-corrected chi connectivity index (χ4v) is 0.781. The summed E-state index contributed by atoms with van der Waals surface area (Å²) in [7, 11) is 0. The van der Waals surface area contributed by atoms with Crippen molar-refractivity contribution in [2.45, 2.75) is 59.7 Å². The van der Waals surface area contributed by atoms with E-state index in [0.29, 0.717) is 6.42 Å². The fourth-order valence-electron chi connectivity index (χ4n) is 0.781. The van der Waals surface area contributed by atoms with Crippen molar-refractivity contribution in [2.75, 3.05) is 13.2 Å². The van der Waals surface area contributed by atoms with Gasteiger partial charge in [0.05, 0.1) is 0 Å². The van der Waals surface area contributed by atoms with E-state index in [1.54, 1.807) is 0 Å². The van der Waals surface area contributed by atoms with Gasteiger partial charge in [-0.1, -0.05) is 19.8 Å². The van der Waals surface area contributed by atoms with Crippen LogP contribution in [-0.4, -0.2) is 40.8 Å². The van der Waals surface area contributed by atoms with Gasteiger partial charge >= 0.3 is 0 Å². The summed E-state index contributed by atoms with van der Waals surface area (Å²) < 4.78 is 4.83. The summed E-state index contributed by atoms with van der Waals surface area (Å²) in [6, 6.07) is 0. The standard InChI is InChI=1S/C6H14O2.C4H10O.C2H4O2/c1-2-3-4-5-6(7)8;1-3-5-4-2;1-2(3)4/h6-8H,2-5H2,1H3;3-4H2,1-2H3;1H3,(H,3,4). The van der Waals surface area contributed by atoms with Gasteiger partial charge < -0.3 is 20.1 Å². The Hall–Kier alpha value is -0.650. The molecule has 0 rings (SSSR count). The molecule has 0 radical (unpaired) electrons. The Bertz CT molecular complexity index is 131. The number of ether oxygens (including phenoxy) is 1. The van der Waals surface area contributed by atoms with Gasteiger partial charge in [0, 0.05) is 20.1 Å². The van der Waals surface area contributed by atoms with Crippen molar-refractivity contribution in [2.24, 2.45) is 0 Å². The predicted octanol–water partition coefficient (Wildman–Crippen LogP) is 2.01. The van der Waals surface area contributed by atoms with E-state index in [2.05, 4.69) is 6.92 Å². The highest BCUT2D eigenvalue weighted by Gasteiger charge is 1.93. The molecular weight excluding hydrogens is 224 g/mol. The number of carboxylic acid groups (broad SMARTS) is 1. The summed E-state index contributed by atoms with van der Waals surface area (Å²) in [5.74, 6) is -0.833. The molecule has 0 fully saturated rings. The third kappa shape index (κ3) is 67.8. The zero-order valence-electron chi connectivity index (χ0n) is 11.5. The lowest BCUT2D eigenvalue weighted by Gasteiger charge is -1.99. The highest BCUT2D eigenvalue weighted by Crippen LogP contribution is 1.99. The van der Waals surface area contributed by atoms with Crippen molar-refractivity contribution in [3.05, 3.63) is 0 Å². The second kappa shape index (κ2) is 20.7. The maximum atomic E-state index is 9.00. The van der Waals surface area contributed by atoms with Crippen LogP contribution in [0.5, 0.6) is 0 Å². The molecule has 0 saturated heterocycles. The van der Waals surface area contributed by atoms with Crippen molar-refractivity contribution in [3.8, 4) is 0 Å². The van der Waals surface area contributed by atoms with Gasteiger partial charge in [0.25, 0.3) is 5.97 Å². The first-order valence-electron chi connectivity index (χ1n) is 6.05. The number of hydrogen-bond acceptors (Lipinski definition) is 4. The lowest BCUT2D eigenvalue weighted by atomic mass is 10.2. The van der Waals surface area contributed by atoms with Gasteiger partial charge in [-0.05, 0) is 26.7 Å². The summed E-state index contributed by atoms with van der Waals surface area (Å²) in [6.07, 6.45) is 2.58. The maximum Gasteiger partial charge on any atom is 0.300 e. The van der Waals surface area contributed by atoms with Gasteiger partial charge in [-0.3, -0.25) is 4.79 Å². The second-order valence-electron chi connectivity index (χ2n) is 3.28. The molecule has 0 aliphatic rings. The molecular formula is C12H28O5. The first-order chi connectivity index (χ1) is 7.92. The minimum Gasteiger partial charge on any atom is -0.481 e. The van der Waals surface area contributed by atoms with Crippen LogP contribution in [0.3, 0.4) is 0 Å². The van der Waals surface area contributed by atoms with E-state index in [1.807, 2.05) is 13.8 Å². The van der Waals surface area contributed by atoms with E-state index >= 15 is 0 Å². The number of aliphatic carboxylic acids is 1. The predicted molar refractivity (Wildman–Crippen MR) is 67.8 cm³/mol. The van der Waals surface area contributed by atoms with E-state index in [9.17, 15) is 0 Å². The smallest absolute Gasteiger partial charge is 0.300 e. The zero-order chi connectivity index (χ0) is 14.1. The molecule has 0 saturated carbocycles. The number of unbranched alkanes of at least 4 members (excludes halogenated alkanes) is 2. The summed E-state index contributed by atoms with van der Waals surface area (Å²) in [5, 5.41) is 24.1. The van der Waals surface area contributed by atoms with E-state index in [1.165, 1.54) is 0 Å².